The van der Waals surface area contributed by atoms with Gasteiger partial charge in [0.1, 0.15) is 11.6 Å². The minimum absolute atomic E-state index is 0.100. The third-order valence-electron chi connectivity index (χ3n) is 3.18. The predicted octanol–water partition coefficient (Wildman–Crippen LogP) is 3.01. The first-order valence-corrected chi connectivity index (χ1v) is 6.71. The van der Waals surface area contributed by atoms with E-state index >= 15 is 0 Å². The molecule has 2 heterocycles. The SMILES string of the molecule is Cc1nc(C)n(Cc2ccc(-c3noc(C(F)(F)F)n3)cc2)n1. The molecule has 6 nitrogen and oxygen atoms in total. The molecule has 0 radical (unpaired) electrons. The quantitative estimate of drug-likeness (QED) is 0.741. The molecule has 0 spiro atoms. The first kappa shape index (κ1) is 15.2. The molecule has 0 N–H and O–H groups in total. The van der Waals surface area contributed by atoms with Gasteiger partial charge in [0.2, 0.25) is 5.82 Å². The van der Waals surface area contributed by atoms with Gasteiger partial charge in [-0.05, 0) is 19.4 Å². The van der Waals surface area contributed by atoms with Crippen molar-refractivity contribution in [3.8, 4) is 11.4 Å². The number of aryl methyl sites for hydroxylation is 2. The zero-order chi connectivity index (χ0) is 16.6. The van der Waals surface area contributed by atoms with Gasteiger partial charge in [0.25, 0.3) is 0 Å². The number of hydrogen-bond acceptors (Lipinski definition) is 5. The van der Waals surface area contributed by atoms with E-state index in [2.05, 4.69) is 24.7 Å². The Kier molecular flexibility index (Phi) is 3.63. The summed E-state index contributed by atoms with van der Waals surface area (Å²) >= 11 is 0. The molecule has 0 fully saturated rings. The van der Waals surface area contributed by atoms with E-state index in [-0.39, 0.29) is 5.82 Å². The van der Waals surface area contributed by atoms with Crippen LogP contribution in [0.3, 0.4) is 0 Å². The highest BCUT2D eigenvalue weighted by Gasteiger charge is 2.38. The van der Waals surface area contributed by atoms with Crippen molar-refractivity contribution < 1.29 is 17.7 Å². The summed E-state index contributed by atoms with van der Waals surface area (Å²) in [7, 11) is 0. The molecule has 2 aromatic heterocycles. The first-order valence-electron chi connectivity index (χ1n) is 6.71. The summed E-state index contributed by atoms with van der Waals surface area (Å²) in [6.45, 7) is 4.18. The lowest BCUT2D eigenvalue weighted by molar-refractivity contribution is -0.159. The Balaban J connectivity index is 1.79. The molecule has 0 saturated heterocycles. The van der Waals surface area contributed by atoms with Gasteiger partial charge >= 0.3 is 12.1 Å². The zero-order valence-corrected chi connectivity index (χ0v) is 12.3. The Morgan fingerprint density at radius 1 is 1.09 bits per heavy atom. The summed E-state index contributed by atoms with van der Waals surface area (Å²) in [5.41, 5.74) is 1.38. The number of rotatable bonds is 3. The highest BCUT2D eigenvalue weighted by atomic mass is 19.4. The van der Waals surface area contributed by atoms with E-state index in [9.17, 15) is 13.2 Å². The smallest absolute Gasteiger partial charge is 0.329 e. The van der Waals surface area contributed by atoms with E-state index in [1.54, 1.807) is 35.9 Å². The normalized spacial score (nSPS) is 11.9. The summed E-state index contributed by atoms with van der Waals surface area (Å²) < 4.78 is 43.3. The van der Waals surface area contributed by atoms with Crippen LogP contribution in [0.15, 0.2) is 28.8 Å². The standard InChI is InChI=1S/C14H12F3N5O/c1-8-18-9(2)22(20-8)7-10-3-5-11(6-4-10)12-19-13(23-21-12)14(15,16)17/h3-6H,7H2,1-2H3. The van der Waals surface area contributed by atoms with E-state index < -0.39 is 12.1 Å². The van der Waals surface area contributed by atoms with E-state index in [0.29, 0.717) is 17.9 Å². The lowest BCUT2D eigenvalue weighted by Gasteiger charge is -2.04. The molecule has 120 valence electrons. The average Bonchev–Trinajstić information content (AvgIpc) is 3.07. The fourth-order valence-electron chi connectivity index (χ4n) is 2.10. The minimum Gasteiger partial charge on any atom is -0.329 e. The van der Waals surface area contributed by atoms with Crippen LogP contribution in [0.25, 0.3) is 11.4 Å². The van der Waals surface area contributed by atoms with Crippen LogP contribution in [0, 0.1) is 13.8 Å². The van der Waals surface area contributed by atoms with Crippen molar-refractivity contribution in [3.63, 3.8) is 0 Å². The van der Waals surface area contributed by atoms with E-state index in [1.807, 2.05) is 6.92 Å². The summed E-state index contributed by atoms with van der Waals surface area (Å²) in [4.78, 5) is 7.56. The minimum atomic E-state index is -4.65. The molecule has 0 aliphatic carbocycles. The first-order chi connectivity index (χ1) is 10.8. The van der Waals surface area contributed by atoms with Crippen LogP contribution in [0.4, 0.5) is 13.2 Å². The summed E-state index contributed by atoms with van der Waals surface area (Å²) in [6.07, 6.45) is -4.65. The maximum atomic E-state index is 12.5. The molecule has 1 aromatic carbocycles. The van der Waals surface area contributed by atoms with Crippen LogP contribution < -0.4 is 0 Å². The Morgan fingerprint density at radius 3 is 2.30 bits per heavy atom. The predicted molar refractivity (Wildman–Crippen MR) is 73.3 cm³/mol. The highest BCUT2D eigenvalue weighted by molar-refractivity contribution is 5.54. The highest BCUT2D eigenvalue weighted by Crippen LogP contribution is 2.29. The third kappa shape index (κ3) is 3.22. The monoisotopic (exact) mass is 323 g/mol. The molecular weight excluding hydrogens is 311 g/mol. The summed E-state index contributed by atoms with van der Waals surface area (Å²) in [6, 6.07) is 6.82. The van der Waals surface area contributed by atoms with Crippen molar-refractivity contribution in [1.82, 2.24) is 24.9 Å². The molecule has 0 aliphatic heterocycles. The molecule has 0 unspecified atom stereocenters. The Bertz CT molecular complexity index is 820. The van der Waals surface area contributed by atoms with Crippen LogP contribution >= 0.6 is 0 Å². The lowest BCUT2D eigenvalue weighted by Crippen LogP contribution is -2.05. The van der Waals surface area contributed by atoms with Gasteiger partial charge in [-0.3, -0.25) is 0 Å². The molecule has 0 amide bonds. The van der Waals surface area contributed by atoms with Crippen molar-refractivity contribution in [2.75, 3.05) is 0 Å². The molecule has 3 aromatic rings. The van der Waals surface area contributed by atoms with Crippen molar-refractivity contribution in [3.05, 3.63) is 47.4 Å². The van der Waals surface area contributed by atoms with Gasteiger partial charge in [0.05, 0.1) is 6.54 Å². The van der Waals surface area contributed by atoms with Gasteiger partial charge in [-0.1, -0.05) is 29.4 Å². The topological polar surface area (TPSA) is 69.6 Å². The second kappa shape index (κ2) is 5.49. The summed E-state index contributed by atoms with van der Waals surface area (Å²) in [5.74, 6) is 0.0205. The molecule has 9 heteroatoms. The van der Waals surface area contributed by atoms with Gasteiger partial charge in [-0.2, -0.15) is 23.3 Å². The molecule has 0 aliphatic rings. The molecule has 0 bridgehead atoms. The molecular formula is C14H12F3N5O. The fraction of sp³-hybridized carbons (Fsp3) is 0.286. The lowest BCUT2D eigenvalue weighted by atomic mass is 10.1. The number of alkyl halides is 3. The van der Waals surface area contributed by atoms with Crippen LogP contribution in [-0.4, -0.2) is 24.9 Å². The second-order valence-electron chi connectivity index (χ2n) is 4.98. The van der Waals surface area contributed by atoms with Crippen LogP contribution in [0.5, 0.6) is 0 Å². The fourth-order valence-corrected chi connectivity index (χ4v) is 2.10. The number of halogens is 3. The molecule has 23 heavy (non-hydrogen) atoms. The van der Waals surface area contributed by atoms with Crippen LogP contribution in [0.2, 0.25) is 0 Å². The van der Waals surface area contributed by atoms with E-state index in [0.717, 1.165) is 11.4 Å². The van der Waals surface area contributed by atoms with Crippen LogP contribution in [-0.2, 0) is 12.7 Å². The number of nitrogens with zero attached hydrogens (tertiary/aromatic N) is 5. The Hall–Kier alpha value is -2.71. The van der Waals surface area contributed by atoms with E-state index in [4.69, 9.17) is 0 Å². The van der Waals surface area contributed by atoms with Gasteiger partial charge in [-0.15, -0.1) is 0 Å². The number of hydrogen-bond donors (Lipinski definition) is 0. The largest absolute Gasteiger partial charge is 0.471 e. The van der Waals surface area contributed by atoms with Crippen molar-refractivity contribution in [2.24, 2.45) is 0 Å². The summed E-state index contributed by atoms with van der Waals surface area (Å²) in [5, 5.41) is 7.61. The third-order valence-corrected chi connectivity index (χ3v) is 3.18. The maximum Gasteiger partial charge on any atom is 0.471 e. The van der Waals surface area contributed by atoms with Gasteiger partial charge in [0.15, 0.2) is 0 Å². The van der Waals surface area contributed by atoms with Crippen molar-refractivity contribution >= 4 is 0 Å². The van der Waals surface area contributed by atoms with Crippen molar-refractivity contribution in [1.29, 1.82) is 0 Å². The molecule has 0 saturated carbocycles. The average molecular weight is 323 g/mol. The number of aromatic nitrogens is 5. The van der Waals surface area contributed by atoms with Gasteiger partial charge in [-0.25, -0.2) is 9.67 Å². The molecule has 0 atom stereocenters. The Morgan fingerprint density at radius 2 is 1.78 bits per heavy atom. The zero-order valence-electron chi connectivity index (χ0n) is 12.3. The van der Waals surface area contributed by atoms with Gasteiger partial charge < -0.3 is 4.52 Å². The van der Waals surface area contributed by atoms with E-state index in [1.165, 1.54) is 0 Å². The van der Waals surface area contributed by atoms with Crippen molar-refractivity contribution in [2.45, 2.75) is 26.6 Å². The second-order valence-corrected chi connectivity index (χ2v) is 4.98. The molecule has 3 rings (SSSR count). The number of benzene rings is 1. The van der Waals surface area contributed by atoms with Gasteiger partial charge in [0, 0.05) is 5.56 Å². The Labute approximate surface area is 129 Å². The van der Waals surface area contributed by atoms with Crippen LogP contribution in [0.1, 0.15) is 23.1 Å². The maximum absolute atomic E-state index is 12.5.